The Kier molecular flexibility index (Phi) is 7.25. The highest BCUT2D eigenvalue weighted by Gasteiger charge is 2.21. The van der Waals surface area contributed by atoms with Gasteiger partial charge in [0.15, 0.2) is 0 Å². The molecule has 0 aromatic heterocycles. The highest BCUT2D eigenvalue weighted by atomic mass is 16.2. The first kappa shape index (κ1) is 14.5. The average molecular weight is 240 g/mol. The highest BCUT2D eigenvalue weighted by molar-refractivity contribution is 5.76. The number of carbonyl (C=O) groups excluding carboxylic acids is 1. The quantitative estimate of drug-likeness (QED) is 0.695. The molecule has 1 rings (SSSR count). The van der Waals surface area contributed by atoms with Gasteiger partial charge in [-0.25, -0.2) is 0 Å². The summed E-state index contributed by atoms with van der Waals surface area (Å²) in [7, 11) is 0. The molecule has 3 heteroatoms. The van der Waals surface area contributed by atoms with Crippen LogP contribution >= 0.6 is 0 Å². The smallest absolute Gasteiger partial charge is 0.222 e. The van der Waals surface area contributed by atoms with Crippen LogP contribution in [-0.2, 0) is 4.79 Å². The molecule has 0 aliphatic carbocycles. The molecule has 0 spiro atoms. The molecule has 1 aliphatic rings. The van der Waals surface area contributed by atoms with Crippen LogP contribution in [0, 0.1) is 5.92 Å². The van der Waals surface area contributed by atoms with E-state index in [0.29, 0.717) is 11.8 Å². The van der Waals surface area contributed by atoms with Gasteiger partial charge in [0.2, 0.25) is 5.91 Å². The second-order valence-corrected chi connectivity index (χ2v) is 5.25. The summed E-state index contributed by atoms with van der Waals surface area (Å²) in [4.78, 5) is 14.0. The Hall–Kier alpha value is -0.570. The summed E-state index contributed by atoms with van der Waals surface area (Å²) < 4.78 is 0. The van der Waals surface area contributed by atoms with E-state index in [1.165, 1.54) is 32.1 Å². The molecular formula is C14H28N2O. The largest absolute Gasteiger partial charge is 0.342 e. The predicted molar refractivity (Wildman–Crippen MR) is 71.7 cm³/mol. The van der Waals surface area contributed by atoms with E-state index in [1.807, 2.05) is 4.90 Å². The van der Waals surface area contributed by atoms with Crippen molar-refractivity contribution in [2.24, 2.45) is 11.7 Å². The molecule has 2 N–H and O–H groups in total. The number of unbranched alkanes of at least 4 members (excludes halogenated alkanes) is 4. The molecule has 0 bridgehead atoms. The van der Waals surface area contributed by atoms with Crippen LogP contribution < -0.4 is 5.73 Å². The molecule has 17 heavy (non-hydrogen) atoms. The van der Waals surface area contributed by atoms with E-state index in [2.05, 4.69) is 6.92 Å². The molecule has 1 aliphatic heterocycles. The van der Waals surface area contributed by atoms with E-state index in [-0.39, 0.29) is 0 Å². The first-order valence-corrected chi connectivity index (χ1v) is 7.25. The third-order valence-electron chi connectivity index (χ3n) is 3.70. The fourth-order valence-electron chi connectivity index (χ4n) is 2.52. The number of likely N-dealkylation sites (tertiary alicyclic amines) is 1. The number of nitrogens with zero attached hydrogens (tertiary/aromatic N) is 1. The number of carbonyl (C=O) groups is 1. The highest BCUT2D eigenvalue weighted by Crippen LogP contribution is 2.17. The number of rotatable bonds is 7. The van der Waals surface area contributed by atoms with Crippen LogP contribution in [0.1, 0.15) is 58.3 Å². The Morgan fingerprint density at radius 2 is 2.06 bits per heavy atom. The Labute approximate surface area is 106 Å². The molecule has 100 valence electrons. The molecule has 0 radical (unpaired) electrons. The summed E-state index contributed by atoms with van der Waals surface area (Å²) in [6.07, 6.45) is 9.15. The SMILES string of the molecule is CCCCCCCC(=O)N1CCCC(CN)C1. The second-order valence-electron chi connectivity index (χ2n) is 5.25. The third-order valence-corrected chi connectivity index (χ3v) is 3.70. The summed E-state index contributed by atoms with van der Waals surface area (Å²) in [5.41, 5.74) is 5.68. The summed E-state index contributed by atoms with van der Waals surface area (Å²) >= 11 is 0. The lowest BCUT2D eigenvalue weighted by atomic mass is 9.98. The van der Waals surface area contributed by atoms with Crippen molar-refractivity contribution in [1.82, 2.24) is 4.90 Å². The van der Waals surface area contributed by atoms with Gasteiger partial charge in [-0.15, -0.1) is 0 Å². The van der Waals surface area contributed by atoms with Crippen LogP contribution in [0.25, 0.3) is 0 Å². The molecule has 3 nitrogen and oxygen atoms in total. The van der Waals surface area contributed by atoms with Crippen LogP contribution in [0.3, 0.4) is 0 Å². The molecule has 1 unspecified atom stereocenters. The number of nitrogens with two attached hydrogens (primary N) is 1. The molecular weight excluding hydrogens is 212 g/mol. The summed E-state index contributed by atoms with van der Waals surface area (Å²) in [6, 6.07) is 0. The van der Waals surface area contributed by atoms with Crippen molar-refractivity contribution in [2.45, 2.75) is 58.3 Å². The van der Waals surface area contributed by atoms with Crippen LogP contribution in [0.5, 0.6) is 0 Å². The maximum atomic E-state index is 12.0. The fraction of sp³-hybridized carbons (Fsp3) is 0.929. The molecule has 0 aromatic carbocycles. The van der Waals surface area contributed by atoms with Crippen LogP contribution in [0.4, 0.5) is 0 Å². The van der Waals surface area contributed by atoms with E-state index in [1.54, 1.807) is 0 Å². The first-order chi connectivity index (χ1) is 8.27. The third kappa shape index (κ3) is 5.53. The van der Waals surface area contributed by atoms with E-state index in [0.717, 1.165) is 38.9 Å². The zero-order valence-corrected chi connectivity index (χ0v) is 11.3. The van der Waals surface area contributed by atoms with Gasteiger partial charge >= 0.3 is 0 Å². The Bertz CT molecular complexity index is 218. The van der Waals surface area contributed by atoms with E-state index in [9.17, 15) is 4.79 Å². The van der Waals surface area contributed by atoms with Gasteiger partial charge in [0.25, 0.3) is 0 Å². The number of amides is 1. The maximum Gasteiger partial charge on any atom is 0.222 e. The van der Waals surface area contributed by atoms with Gasteiger partial charge in [0.05, 0.1) is 0 Å². The molecule has 0 aromatic rings. The molecule has 0 saturated carbocycles. The van der Waals surface area contributed by atoms with Crippen LogP contribution in [-0.4, -0.2) is 30.4 Å². The van der Waals surface area contributed by atoms with Crippen molar-refractivity contribution in [3.8, 4) is 0 Å². The van der Waals surface area contributed by atoms with Crippen molar-refractivity contribution >= 4 is 5.91 Å². The molecule has 1 amide bonds. The van der Waals surface area contributed by atoms with Gasteiger partial charge in [-0.05, 0) is 31.7 Å². The standard InChI is InChI=1S/C14H28N2O/c1-2-3-4-5-6-9-14(17)16-10-7-8-13(11-15)12-16/h13H,2-12,15H2,1H3. The summed E-state index contributed by atoms with van der Waals surface area (Å²) in [5.74, 6) is 0.882. The van der Waals surface area contributed by atoms with Crippen LogP contribution in [0.15, 0.2) is 0 Å². The number of hydrogen-bond acceptors (Lipinski definition) is 2. The van der Waals surface area contributed by atoms with Gasteiger partial charge in [0, 0.05) is 19.5 Å². The lowest BCUT2D eigenvalue weighted by Gasteiger charge is -2.32. The zero-order valence-electron chi connectivity index (χ0n) is 11.3. The van der Waals surface area contributed by atoms with Crippen molar-refractivity contribution in [3.05, 3.63) is 0 Å². The zero-order chi connectivity index (χ0) is 12.5. The predicted octanol–water partition coefficient (Wildman–Crippen LogP) is 2.54. The van der Waals surface area contributed by atoms with Gasteiger partial charge in [0.1, 0.15) is 0 Å². The number of hydrogen-bond donors (Lipinski definition) is 1. The molecule has 1 heterocycles. The van der Waals surface area contributed by atoms with E-state index < -0.39 is 0 Å². The molecule has 1 atom stereocenters. The monoisotopic (exact) mass is 240 g/mol. The average Bonchev–Trinajstić information content (AvgIpc) is 2.38. The van der Waals surface area contributed by atoms with Crippen molar-refractivity contribution in [2.75, 3.05) is 19.6 Å². The van der Waals surface area contributed by atoms with Crippen molar-refractivity contribution in [3.63, 3.8) is 0 Å². The fourth-order valence-corrected chi connectivity index (χ4v) is 2.52. The maximum absolute atomic E-state index is 12.0. The Morgan fingerprint density at radius 1 is 1.29 bits per heavy atom. The summed E-state index contributed by atoms with van der Waals surface area (Å²) in [6.45, 7) is 4.78. The Balaban J connectivity index is 2.14. The van der Waals surface area contributed by atoms with Gasteiger partial charge in [-0.3, -0.25) is 4.79 Å². The second kappa shape index (κ2) is 8.51. The minimum atomic E-state index is 0.347. The lowest BCUT2D eigenvalue weighted by molar-refractivity contribution is -0.133. The minimum absolute atomic E-state index is 0.347. The van der Waals surface area contributed by atoms with Gasteiger partial charge < -0.3 is 10.6 Å². The van der Waals surface area contributed by atoms with Crippen molar-refractivity contribution in [1.29, 1.82) is 0 Å². The van der Waals surface area contributed by atoms with Gasteiger partial charge in [-0.2, -0.15) is 0 Å². The Morgan fingerprint density at radius 3 is 2.76 bits per heavy atom. The summed E-state index contributed by atoms with van der Waals surface area (Å²) in [5, 5.41) is 0. The first-order valence-electron chi connectivity index (χ1n) is 7.25. The van der Waals surface area contributed by atoms with E-state index in [4.69, 9.17) is 5.73 Å². The minimum Gasteiger partial charge on any atom is -0.342 e. The van der Waals surface area contributed by atoms with Gasteiger partial charge in [-0.1, -0.05) is 32.6 Å². The van der Waals surface area contributed by atoms with Crippen molar-refractivity contribution < 1.29 is 4.79 Å². The lowest BCUT2D eigenvalue weighted by Crippen LogP contribution is -2.41. The number of piperidine rings is 1. The van der Waals surface area contributed by atoms with Crippen LogP contribution in [0.2, 0.25) is 0 Å². The molecule has 1 fully saturated rings. The normalized spacial score (nSPS) is 20.6. The molecule has 1 saturated heterocycles. The van der Waals surface area contributed by atoms with E-state index >= 15 is 0 Å². The topological polar surface area (TPSA) is 46.3 Å².